The maximum Gasteiger partial charge on any atom is 0.164 e. The van der Waals surface area contributed by atoms with E-state index in [1.807, 2.05) is 18.3 Å². The van der Waals surface area contributed by atoms with Crippen molar-refractivity contribution >= 4 is 6.21 Å². The highest BCUT2D eigenvalue weighted by atomic mass is 16.5. The Kier molecular flexibility index (Phi) is 7.06. The second kappa shape index (κ2) is 8.55. The Balaban J connectivity index is 2.86. The first-order valence-electron chi connectivity index (χ1n) is 7.31. The number of aliphatic imine (C=N–C) groups is 1. The van der Waals surface area contributed by atoms with E-state index < -0.39 is 0 Å². The molecule has 1 atom stereocenters. The van der Waals surface area contributed by atoms with Crippen molar-refractivity contribution in [1.82, 2.24) is 0 Å². The van der Waals surface area contributed by atoms with Crippen molar-refractivity contribution in [3.8, 4) is 17.2 Å². The molecule has 0 aliphatic carbocycles. The van der Waals surface area contributed by atoms with Gasteiger partial charge in [0.05, 0.1) is 21.3 Å². The Morgan fingerprint density at radius 2 is 1.52 bits per heavy atom. The topological polar surface area (TPSA) is 40.0 Å². The summed E-state index contributed by atoms with van der Waals surface area (Å²) in [6.45, 7) is 7.51. The molecule has 21 heavy (non-hydrogen) atoms. The van der Waals surface area contributed by atoms with Crippen molar-refractivity contribution < 1.29 is 14.2 Å². The van der Waals surface area contributed by atoms with Crippen molar-refractivity contribution in [1.29, 1.82) is 0 Å². The largest absolute Gasteiger partial charge is 0.496 e. The van der Waals surface area contributed by atoms with Crippen LogP contribution < -0.4 is 14.2 Å². The molecule has 0 N–H and O–H groups in total. The predicted molar refractivity (Wildman–Crippen MR) is 87.2 cm³/mol. The first kappa shape index (κ1) is 17.3. The smallest absolute Gasteiger partial charge is 0.164 e. The quantitative estimate of drug-likeness (QED) is 0.684. The number of nitrogens with zero attached hydrogens (tertiary/aromatic N) is 1. The van der Waals surface area contributed by atoms with Crippen molar-refractivity contribution in [2.75, 3.05) is 27.9 Å². The lowest BCUT2D eigenvalue weighted by Crippen LogP contribution is -2.04. The average Bonchev–Trinajstić information content (AvgIpc) is 2.45. The molecular formula is C17H27NO3. The number of methoxy groups -OCH3 is 3. The zero-order valence-electron chi connectivity index (χ0n) is 14.0. The number of hydrogen-bond donors (Lipinski definition) is 0. The van der Waals surface area contributed by atoms with E-state index in [0.29, 0.717) is 23.3 Å². The number of benzene rings is 1. The molecule has 0 radical (unpaired) electrons. The van der Waals surface area contributed by atoms with Gasteiger partial charge in [0, 0.05) is 24.4 Å². The van der Waals surface area contributed by atoms with Crippen molar-refractivity contribution in [2.24, 2.45) is 16.8 Å². The van der Waals surface area contributed by atoms with Gasteiger partial charge in [0.2, 0.25) is 0 Å². The van der Waals surface area contributed by atoms with Crippen LogP contribution >= 0.6 is 0 Å². The first-order chi connectivity index (χ1) is 10.0. The first-order valence-corrected chi connectivity index (χ1v) is 7.31. The SMILES string of the molecule is COc1cc(OC)c(OC)cc1C=NCC(C)CC(C)C. The molecule has 0 fully saturated rings. The Morgan fingerprint density at radius 3 is 2.05 bits per heavy atom. The lowest BCUT2D eigenvalue weighted by molar-refractivity contribution is 0.349. The molecule has 4 nitrogen and oxygen atoms in total. The summed E-state index contributed by atoms with van der Waals surface area (Å²) in [6.07, 6.45) is 3.03. The second-order valence-corrected chi connectivity index (χ2v) is 5.68. The number of rotatable bonds is 8. The van der Waals surface area contributed by atoms with Gasteiger partial charge < -0.3 is 14.2 Å². The van der Waals surface area contributed by atoms with Crippen LogP contribution in [0.2, 0.25) is 0 Å². The predicted octanol–water partition coefficient (Wildman–Crippen LogP) is 3.81. The van der Waals surface area contributed by atoms with Crippen LogP contribution in [0.5, 0.6) is 17.2 Å². The van der Waals surface area contributed by atoms with Gasteiger partial charge in [-0.15, -0.1) is 0 Å². The van der Waals surface area contributed by atoms with E-state index >= 15 is 0 Å². The van der Waals surface area contributed by atoms with E-state index in [1.54, 1.807) is 21.3 Å². The Hall–Kier alpha value is -1.71. The summed E-state index contributed by atoms with van der Waals surface area (Å²) in [4.78, 5) is 4.53. The standard InChI is InChI=1S/C17H27NO3/c1-12(2)7-13(3)10-18-11-14-8-16(20-5)17(21-6)9-15(14)19-4/h8-9,11-13H,7,10H2,1-6H3. The molecule has 0 amide bonds. The normalized spacial score (nSPS) is 12.7. The molecule has 1 aromatic rings. The molecule has 0 saturated heterocycles. The molecule has 118 valence electrons. The maximum absolute atomic E-state index is 5.38. The monoisotopic (exact) mass is 293 g/mol. The van der Waals surface area contributed by atoms with Crippen molar-refractivity contribution in [3.63, 3.8) is 0 Å². The van der Waals surface area contributed by atoms with Gasteiger partial charge in [-0.25, -0.2) is 0 Å². The zero-order valence-corrected chi connectivity index (χ0v) is 14.0. The lowest BCUT2D eigenvalue weighted by atomic mass is 9.99. The third-order valence-electron chi connectivity index (χ3n) is 3.26. The number of hydrogen-bond acceptors (Lipinski definition) is 4. The summed E-state index contributed by atoms with van der Waals surface area (Å²) in [5.41, 5.74) is 0.895. The maximum atomic E-state index is 5.38. The number of ether oxygens (including phenoxy) is 3. The minimum absolute atomic E-state index is 0.576. The van der Waals surface area contributed by atoms with E-state index in [2.05, 4.69) is 25.8 Å². The summed E-state index contributed by atoms with van der Waals surface area (Å²) in [5, 5.41) is 0. The highest BCUT2D eigenvalue weighted by molar-refractivity contribution is 5.85. The molecule has 0 saturated carbocycles. The fourth-order valence-corrected chi connectivity index (χ4v) is 2.36. The van der Waals surface area contributed by atoms with Crippen LogP contribution in [0.4, 0.5) is 0 Å². The fraction of sp³-hybridized carbons (Fsp3) is 0.588. The van der Waals surface area contributed by atoms with Crippen LogP contribution in [0.1, 0.15) is 32.8 Å². The molecule has 1 rings (SSSR count). The fourth-order valence-electron chi connectivity index (χ4n) is 2.36. The molecule has 1 aromatic carbocycles. The van der Waals surface area contributed by atoms with Gasteiger partial charge in [0.15, 0.2) is 11.5 Å². The van der Waals surface area contributed by atoms with Crippen molar-refractivity contribution in [3.05, 3.63) is 17.7 Å². The van der Waals surface area contributed by atoms with Crippen LogP contribution in [0.3, 0.4) is 0 Å². The van der Waals surface area contributed by atoms with Crippen LogP contribution in [0.25, 0.3) is 0 Å². The van der Waals surface area contributed by atoms with Gasteiger partial charge >= 0.3 is 0 Å². The van der Waals surface area contributed by atoms with E-state index in [-0.39, 0.29) is 0 Å². The molecule has 0 aliphatic rings. The minimum atomic E-state index is 0.576. The Morgan fingerprint density at radius 1 is 0.952 bits per heavy atom. The van der Waals surface area contributed by atoms with E-state index in [4.69, 9.17) is 14.2 Å². The summed E-state index contributed by atoms with van der Waals surface area (Å²) in [6, 6.07) is 3.70. The highest BCUT2D eigenvalue weighted by Gasteiger charge is 2.10. The summed E-state index contributed by atoms with van der Waals surface area (Å²) in [5.74, 6) is 3.33. The molecule has 1 unspecified atom stereocenters. The van der Waals surface area contributed by atoms with Gasteiger partial charge in [0.25, 0.3) is 0 Å². The van der Waals surface area contributed by atoms with E-state index in [0.717, 1.165) is 17.9 Å². The zero-order chi connectivity index (χ0) is 15.8. The van der Waals surface area contributed by atoms with Crippen LogP contribution in [-0.2, 0) is 0 Å². The Labute approximate surface area is 128 Å². The van der Waals surface area contributed by atoms with Crippen molar-refractivity contribution in [2.45, 2.75) is 27.2 Å². The van der Waals surface area contributed by atoms with Gasteiger partial charge in [-0.3, -0.25) is 4.99 Å². The van der Waals surface area contributed by atoms with E-state index in [1.165, 1.54) is 6.42 Å². The highest BCUT2D eigenvalue weighted by Crippen LogP contribution is 2.33. The van der Waals surface area contributed by atoms with Crippen LogP contribution in [0.15, 0.2) is 17.1 Å². The lowest BCUT2D eigenvalue weighted by Gasteiger charge is -2.13. The van der Waals surface area contributed by atoms with Gasteiger partial charge in [-0.05, 0) is 24.3 Å². The van der Waals surface area contributed by atoms with E-state index in [9.17, 15) is 0 Å². The average molecular weight is 293 g/mol. The molecule has 0 aliphatic heterocycles. The van der Waals surface area contributed by atoms with Crippen LogP contribution in [-0.4, -0.2) is 34.1 Å². The molecule has 4 heteroatoms. The molecular weight excluding hydrogens is 266 g/mol. The van der Waals surface area contributed by atoms with Gasteiger partial charge in [-0.1, -0.05) is 20.8 Å². The van der Waals surface area contributed by atoms with Gasteiger partial charge in [-0.2, -0.15) is 0 Å². The summed E-state index contributed by atoms with van der Waals surface area (Å²) < 4.78 is 16.0. The molecule has 0 bridgehead atoms. The third kappa shape index (κ3) is 5.29. The third-order valence-corrected chi connectivity index (χ3v) is 3.26. The minimum Gasteiger partial charge on any atom is -0.496 e. The Bertz CT molecular complexity index is 469. The van der Waals surface area contributed by atoms with Gasteiger partial charge in [0.1, 0.15) is 5.75 Å². The molecule has 0 spiro atoms. The summed E-state index contributed by atoms with van der Waals surface area (Å²) >= 11 is 0. The molecule has 0 aromatic heterocycles. The van der Waals surface area contributed by atoms with Crippen LogP contribution in [0, 0.1) is 11.8 Å². The summed E-state index contributed by atoms with van der Waals surface area (Å²) in [7, 11) is 4.87. The molecule has 0 heterocycles. The second-order valence-electron chi connectivity index (χ2n) is 5.68.